The van der Waals surface area contributed by atoms with Crippen molar-refractivity contribution in [2.75, 3.05) is 6.54 Å². The number of carbonyl (C=O) groups is 2. The van der Waals surface area contributed by atoms with Gasteiger partial charge >= 0.3 is 5.97 Å². The number of pyridine rings is 1. The number of carbonyl (C=O) groups excluding carboxylic acids is 1. The highest BCUT2D eigenvalue weighted by Gasteiger charge is 2.11. The van der Waals surface area contributed by atoms with Crippen molar-refractivity contribution in [2.24, 2.45) is 0 Å². The maximum atomic E-state index is 11.8. The van der Waals surface area contributed by atoms with Crippen LogP contribution in [0.4, 0.5) is 0 Å². The number of aromatic nitrogens is 1. The summed E-state index contributed by atoms with van der Waals surface area (Å²) in [6.45, 7) is 2.10. The van der Waals surface area contributed by atoms with Crippen molar-refractivity contribution in [1.82, 2.24) is 10.3 Å². The molecule has 2 aromatic heterocycles. The van der Waals surface area contributed by atoms with Crippen LogP contribution >= 0.6 is 11.3 Å². The second-order valence-corrected chi connectivity index (χ2v) is 4.90. The summed E-state index contributed by atoms with van der Waals surface area (Å²) in [5, 5.41) is 11.1. The number of carboxylic acids is 1. The molecule has 0 saturated carbocycles. The van der Waals surface area contributed by atoms with Gasteiger partial charge < -0.3 is 10.4 Å². The first-order valence-corrected chi connectivity index (χ1v) is 6.24. The molecule has 0 unspecified atom stereocenters. The van der Waals surface area contributed by atoms with Gasteiger partial charge in [-0.1, -0.05) is 0 Å². The van der Waals surface area contributed by atoms with E-state index < -0.39 is 5.97 Å². The molecule has 1 amide bonds. The highest BCUT2D eigenvalue weighted by molar-refractivity contribution is 7.20. The van der Waals surface area contributed by atoms with Crippen molar-refractivity contribution in [3.05, 3.63) is 28.8 Å². The lowest BCUT2D eigenvalue weighted by Crippen LogP contribution is -2.25. The lowest BCUT2D eigenvalue weighted by Gasteiger charge is -1.99. The van der Waals surface area contributed by atoms with Crippen molar-refractivity contribution in [1.29, 1.82) is 0 Å². The number of thiophene rings is 1. The van der Waals surface area contributed by atoms with Crippen molar-refractivity contribution in [3.63, 3.8) is 0 Å². The molecule has 2 N–H and O–H groups in total. The Hall–Kier alpha value is -1.95. The smallest absolute Gasteiger partial charge is 0.305 e. The number of nitrogens with one attached hydrogen (secondary N) is 1. The fourth-order valence-corrected chi connectivity index (χ4v) is 2.55. The standard InChI is InChI=1S/C12H12N2O3S/c1-7-2-4-13-8-6-9(18-11(7)8)12(17)14-5-3-10(15)16/h2,4,6H,3,5H2,1H3,(H,14,17)(H,15,16). The summed E-state index contributed by atoms with van der Waals surface area (Å²) in [6, 6.07) is 3.62. The Morgan fingerprint density at radius 1 is 1.50 bits per heavy atom. The summed E-state index contributed by atoms with van der Waals surface area (Å²) in [5.41, 5.74) is 1.87. The number of amides is 1. The molecule has 18 heavy (non-hydrogen) atoms. The van der Waals surface area contributed by atoms with Crippen LogP contribution in [0, 0.1) is 6.92 Å². The normalized spacial score (nSPS) is 10.5. The molecule has 0 radical (unpaired) electrons. The predicted molar refractivity (Wildman–Crippen MR) is 68.9 cm³/mol. The van der Waals surface area contributed by atoms with Gasteiger partial charge in [-0.25, -0.2) is 0 Å². The van der Waals surface area contributed by atoms with Gasteiger partial charge in [0.25, 0.3) is 5.91 Å². The van der Waals surface area contributed by atoms with Crippen LogP contribution in [-0.4, -0.2) is 28.5 Å². The van der Waals surface area contributed by atoms with Crippen LogP contribution in [0.3, 0.4) is 0 Å². The van der Waals surface area contributed by atoms with E-state index in [2.05, 4.69) is 10.3 Å². The molecule has 0 atom stereocenters. The van der Waals surface area contributed by atoms with Gasteiger partial charge in [0, 0.05) is 12.7 Å². The number of hydrogen-bond donors (Lipinski definition) is 2. The zero-order chi connectivity index (χ0) is 13.1. The van der Waals surface area contributed by atoms with Crippen LogP contribution < -0.4 is 5.32 Å². The minimum absolute atomic E-state index is 0.0755. The number of hydrogen-bond acceptors (Lipinski definition) is 4. The fraction of sp³-hybridized carbons (Fsp3) is 0.250. The van der Waals surface area contributed by atoms with Crippen LogP contribution in [0.15, 0.2) is 18.3 Å². The van der Waals surface area contributed by atoms with Crippen molar-refractivity contribution in [2.45, 2.75) is 13.3 Å². The van der Waals surface area contributed by atoms with E-state index >= 15 is 0 Å². The first kappa shape index (κ1) is 12.5. The van der Waals surface area contributed by atoms with E-state index in [1.807, 2.05) is 13.0 Å². The van der Waals surface area contributed by atoms with E-state index in [0.717, 1.165) is 15.8 Å². The van der Waals surface area contributed by atoms with E-state index in [1.165, 1.54) is 11.3 Å². The zero-order valence-electron chi connectivity index (χ0n) is 9.77. The van der Waals surface area contributed by atoms with Gasteiger partial charge in [-0.2, -0.15) is 0 Å². The van der Waals surface area contributed by atoms with Crippen LogP contribution in [0.5, 0.6) is 0 Å². The summed E-state index contributed by atoms with van der Waals surface area (Å²) in [6.07, 6.45) is 1.63. The van der Waals surface area contributed by atoms with Crippen LogP contribution in [0.25, 0.3) is 10.2 Å². The van der Waals surface area contributed by atoms with E-state index in [4.69, 9.17) is 5.11 Å². The molecule has 0 saturated heterocycles. The molecule has 5 nitrogen and oxygen atoms in total. The highest BCUT2D eigenvalue weighted by atomic mass is 32.1. The number of fused-ring (bicyclic) bond motifs is 1. The predicted octanol–water partition coefficient (Wildman–Crippen LogP) is 1.81. The molecule has 2 heterocycles. The molecule has 0 bridgehead atoms. The number of aryl methyl sites for hydroxylation is 1. The van der Waals surface area contributed by atoms with Crippen molar-refractivity contribution in [3.8, 4) is 0 Å². The number of rotatable bonds is 4. The Morgan fingerprint density at radius 3 is 2.94 bits per heavy atom. The second-order valence-electron chi connectivity index (χ2n) is 3.85. The lowest BCUT2D eigenvalue weighted by molar-refractivity contribution is -0.136. The molecular weight excluding hydrogens is 252 g/mol. The van der Waals surface area contributed by atoms with Gasteiger partial charge in [0.05, 0.1) is 21.5 Å². The first-order chi connectivity index (χ1) is 8.58. The Kier molecular flexibility index (Phi) is 3.57. The third-order valence-corrected chi connectivity index (χ3v) is 3.72. The van der Waals surface area contributed by atoms with E-state index in [1.54, 1.807) is 12.3 Å². The topological polar surface area (TPSA) is 79.3 Å². The maximum absolute atomic E-state index is 11.8. The van der Waals surface area contributed by atoms with Crippen LogP contribution in [0.2, 0.25) is 0 Å². The van der Waals surface area contributed by atoms with Gasteiger partial charge in [0.2, 0.25) is 0 Å². The maximum Gasteiger partial charge on any atom is 0.305 e. The van der Waals surface area contributed by atoms with E-state index in [0.29, 0.717) is 4.88 Å². The molecule has 0 aromatic carbocycles. The molecule has 2 aromatic rings. The molecule has 0 aliphatic heterocycles. The van der Waals surface area contributed by atoms with Crippen LogP contribution in [0.1, 0.15) is 21.7 Å². The highest BCUT2D eigenvalue weighted by Crippen LogP contribution is 2.26. The third-order valence-electron chi connectivity index (χ3n) is 2.46. The van der Waals surface area contributed by atoms with Crippen molar-refractivity contribution < 1.29 is 14.7 Å². The SMILES string of the molecule is Cc1ccnc2cc(C(=O)NCCC(=O)O)sc12. The summed E-state index contributed by atoms with van der Waals surface area (Å²) >= 11 is 1.37. The van der Waals surface area contributed by atoms with Gasteiger partial charge in [0.15, 0.2) is 0 Å². The minimum Gasteiger partial charge on any atom is -0.481 e. The van der Waals surface area contributed by atoms with Gasteiger partial charge in [-0.3, -0.25) is 14.6 Å². The number of nitrogens with zero attached hydrogens (tertiary/aromatic N) is 1. The summed E-state index contributed by atoms with van der Waals surface area (Å²) in [5.74, 6) is -1.18. The average molecular weight is 264 g/mol. The minimum atomic E-state index is -0.927. The zero-order valence-corrected chi connectivity index (χ0v) is 10.6. The Balaban J connectivity index is 2.13. The molecule has 6 heteroatoms. The van der Waals surface area contributed by atoms with Gasteiger partial charge in [-0.05, 0) is 24.6 Å². The average Bonchev–Trinajstić information content (AvgIpc) is 2.74. The Morgan fingerprint density at radius 2 is 2.28 bits per heavy atom. The number of carboxylic acid groups (broad SMARTS) is 1. The van der Waals surface area contributed by atoms with E-state index in [9.17, 15) is 9.59 Å². The molecule has 0 aliphatic rings. The van der Waals surface area contributed by atoms with Gasteiger partial charge in [0.1, 0.15) is 0 Å². The third kappa shape index (κ3) is 2.65. The Bertz CT molecular complexity index is 606. The Labute approximate surface area is 107 Å². The quantitative estimate of drug-likeness (QED) is 0.882. The molecule has 0 aliphatic carbocycles. The van der Waals surface area contributed by atoms with E-state index in [-0.39, 0.29) is 18.9 Å². The second kappa shape index (κ2) is 5.14. The molecular formula is C12H12N2O3S. The van der Waals surface area contributed by atoms with Gasteiger partial charge in [-0.15, -0.1) is 11.3 Å². The summed E-state index contributed by atoms with van der Waals surface area (Å²) in [4.78, 5) is 26.9. The number of aliphatic carboxylic acids is 1. The molecule has 0 fully saturated rings. The summed E-state index contributed by atoms with van der Waals surface area (Å²) < 4.78 is 0.987. The molecule has 0 spiro atoms. The fourth-order valence-electron chi connectivity index (χ4n) is 1.55. The lowest BCUT2D eigenvalue weighted by atomic mass is 10.2. The first-order valence-electron chi connectivity index (χ1n) is 5.43. The van der Waals surface area contributed by atoms with Crippen molar-refractivity contribution >= 4 is 33.4 Å². The van der Waals surface area contributed by atoms with Crippen LogP contribution in [-0.2, 0) is 4.79 Å². The molecule has 2 rings (SSSR count). The molecule has 94 valence electrons. The largest absolute Gasteiger partial charge is 0.481 e. The monoisotopic (exact) mass is 264 g/mol. The summed E-state index contributed by atoms with van der Waals surface area (Å²) in [7, 11) is 0.